The number of anilines is 1. The quantitative estimate of drug-likeness (QED) is 0.488. The summed E-state index contributed by atoms with van der Waals surface area (Å²) < 4.78 is 16.0. The molecule has 0 aliphatic rings. The molecular formula is C22H20N2O4. The van der Waals surface area contributed by atoms with Gasteiger partial charge in [0.15, 0.2) is 5.58 Å². The molecule has 142 valence electrons. The molecule has 0 aliphatic carbocycles. The Labute approximate surface area is 162 Å². The highest BCUT2D eigenvalue weighted by Gasteiger charge is 2.11. The molecule has 0 unspecified atom stereocenters. The summed E-state index contributed by atoms with van der Waals surface area (Å²) in [6, 6.07) is 19.6. The summed E-state index contributed by atoms with van der Waals surface area (Å²) in [5, 5.41) is 5.09. The van der Waals surface area contributed by atoms with E-state index in [0.29, 0.717) is 35.9 Å². The van der Waals surface area contributed by atoms with Crippen LogP contribution in [0.4, 0.5) is 5.69 Å². The molecule has 1 aromatic heterocycles. The fraction of sp³-hybridized carbons (Fsp3) is 0.182. The van der Waals surface area contributed by atoms with E-state index in [-0.39, 0.29) is 12.5 Å². The summed E-state index contributed by atoms with van der Waals surface area (Å²) in [6.07, 6.45) is 0. The van der Waals surface area contributed by atoms with Crippen LogP contribution in [0.2, 0.25) is 0 Å². The van der Waals surface area contributed by atoms with Gasteiger partial charge in [0.05, 0.1) is 13.2 Å². The van der Waals surface area contributed by atoms with Gasteiger partial charge in [0.1, 0.15) is 12.1 Å². The Morgan fingerprint density at radius 3 is 2.75 bits per heavy atom. The summed E-state index contributed by atoms with van der Waals surface area (Å²) in [7, 11) is 1.59. The van der Waals surface area contributed by atoms with Gasteiger partial charge in [0, 0.05) is 18.4 Å². The zero-order valence-corrected chi connectivity index (χ0v) is 15.5. The van der Waals surface area contributed by atoms with E-state index in [1.807, 2.05) is 18.2 Å². The maximum Gasteiger partial charge on any atom is 0.250 e. The van der Waals surface area contributed by atoms with Gasteiger partial charge in [0.25, 0.3) is 0 Å². The molecule has 0 bridgehead atoms. The molecule has 28 heavy (non-hydrogen) atoms. The molecule has 4 rings (SSSR count). The Hall–Kier alpha value is -3.22. The maximum absolute atomic E-state index is 11.9. The van der Waals surface area contributed by atoms with Crippen LogP contribution in [0.3, 0.4) is 0 Å². The number of amides is 1. The van der Waals surface area contributed by atoms with Crippen LogP contribution >= 0.6 is 0 Å². The second kappa shape index (κ2) is 8.21. The van der Waals surface area contributed by atoms with E-state index in [2.05, 4.69) is 34.6 Å². The van der Waals surface area contributed by atoms with Gasteiger partial charge in [0.2, 0.25) is 11.8 Å². The van der Waals surface area contributed by atoms with Crippen molar-refractivity contribution < 1.29 is 18.7 Å². The summed E-state index contributed by atoms with van der Waals surface area (Å²) in [6.45, 7) is 0.805. The van der Waals surface area contributed by atoms with Crippen LogP contribution in [0.15, 0.2) is 65.1 Å². The molecule has 0 aliphatic heterocycles. The van der Waals surface area contributed by atoms with Crippen LogP contribution in [-0.4, -0.2) is 37.8 Å². The molecule has 1 N–H and O–H groups in total. The lowest BCUT2D eigenvalue weighted by Gasteiger charge is -2.05. The van der Waals surface area contributed by atoms with Crippen LogP contribution in [0.5, 0.6) is 0 Å². The van der Waals surface area contributed by atoms with Gasteiger partial charge in [-0.15, -0.1) is 0 Å². The lowest BCUT2D eigenvalue weighted by atomic mass is 10.1. The van der Waals surface area contributed by atoms with E-state index >= 15 is 0 Å². The largest absolute Gasteiger partial charge is 0.436 e. The number of ether oxygens (including phenoxy) is 2. The van der Waals surface area contributed by atoms with Crippen molar-refractivity contribution in [3.05, 3.63) is 60.7 Å². The van der Waals surface area contributed by atoms with Gasteiger partial charge < -0.3 is 19.2 Å². The Kier molecular flexibility index (Phi) is 5.32. The lowest BCUT2D eigenvalue weighted by molar-refractivity contribution is -0.121. The van der Waals surface area contributed by atoms with E-state index in [1.54, 1.807) is 25.3 Å². The van der Waals surface area contributed by atoms with Crippen molar-refractivity contribution in [3.63, 3.8) is 0 Å². The highest BCUT2D eigenvalue weighted by atomic mass is 16.5. The average molecular weight is 376 g/mol. The summed E-state index contributed by atoms with van der Waals surface area (Å²) in [5.74, 6) is 0.320. The molecule has 3 aromatic carbocycles. The fourth-order valence-electron chi connectivity index (χ4n) is 2.96. The summed E-state index contributed by atoms with van der Waals surface area (Å²) in [4.78, 5) is 16.5. The molecule has 1 amide bonds. The average Bonchev–Trinajstić information content (AvgIpc) is 3.14. The SMILES string of the molecule is COCCOCC(=O)Nc1ccc2oc(-c3ccc4ccccc4c3)nc2c1. The highest BCUT2D eigenvalue weighted by Crippen LogP contribution is 2.28. The van der Waals surface area contributed by atoms with E-state index in [4.69, 9.17) is 13.9 Å². The van der Waals surface area contributed by atoms with Gasteiger partial charge in [-0.2, -0.15) is 0 Å². The summed E-state index contributed by atoms with van der Waals surface area (Å²) >= 11 is 0. The topological polar surface area (TPSA) is 73.6 Å². The van der Waals surface area contributed by atoms with Crippen LogP contribution in [-0.2, 0) is 14.3 Å². The second-order valence-electron chi connectivity index (χ2n) is 6.36. The first-order valence-corrected chi connectivity index (χ1v) is 8.99. The molecule has 1 heterocycles. The Bertz CT molecular complexity index is 1120. The van der Waals surface area contributed by atoms with Crippen molar-refractivity contribution in [1.29, 1.82) is 0 Å². The lowest BCUT2D eigenvalue weighted by Crippen LogP contribution is -2.19. The van der Waals surface area contributed by atoms with Gasteiger partial charge >= 0.3 is 0 Å². The number of oxazole rings is 1. The predicted molar refractivity (Wildman–Crippen MR) is 108 cm³/mol. The van der Waals surface area contributed by atoms with Gasteiger partial charge in [-0.05, 0) is 41.1 Å². The predicted octanol–water partition coefficient (Wildman–Crippen LogP) is 4.25. The van der Waals surface area contributed by atoms with Crippen molar-refractivity contribution >= 4 is 33.5 Å². The first-order valence-electron chi connectivity index (χ1n) is 8.99. The van der Waals surface area contributed by atoms with Crippen molar-refractivity contribution in [2.75, 3.05) is 32.2 Å². The van der Waals surface area contributed by atoms with Crippen molar-refractivity contribution in [2.45, 2.75) is 0 Å². The second-order valence-corrected chi connectivity index (χ2v) is 6.36. The zero-order valence-electron chi connectivity index (χ0n) is 15.5. The van der Waals surface area contributed by atoms with Crippen LogP contribution < -0.4 is 5.32 Å². The number of fused-ring (bicyclic) bond motifs is 2. The molecule has 0 atom stereocenters. The Morgan fingerprint density at radius 1 is 1.04 bits per heavy atom. The minimum absolute atomic E-state index is 0.0252. The Balaban J connectivity index is 1.52. The fourth-order valence-corrected chi connectivity index (χ4v) is 2.96. The van der Waals surface area contributed by atoms with Gasteiger partial charge in [-0.1, -0.05) is 30.3 Å². The monoisotopic (exact) mass is 376 g/mol. The van der Waals surface area contributed by atoms with Gasteiger partial charge in [-0.3, -0.25) is 4.79 Å². The maximum atomic E-state index is 11.9. The van der Waals surface area contributed by atoms with Crippen LogP contribution in [0, 0.1) is 0 Å². The van der Waals surface area contributed by atoms with Crippen molar-refractivity contribution in [2.24, 2.45) is 0 Å². The standard InChI is InChI=1S/C22H20N2O4/c1-26-10-11-27-14-21(25)23-18-8-9-20-19(13-18)24-22(28-20)17-7-6-15-4-2-3-5-16(15)12-17/h2-9,12-13H,10-11,14H2,1H3,(H,23,25). The molecule has 0 saturated heterocycles. The van der Waals surface area contributed by atoms with E-state index < -0.39 is 0 Å². The molecule has 0 saturated carbocycles. The number of aromatic nitrogens is 1. The molecule has 4 aromatic rings. The van der Waals surface area contributed by atoms with Crippen molar-refractivity contribution in [1.82, 2.24) is 4.98 Å². The first-order chi connectivity index (χ1) is 13.7. The number of rotatable bonds is 7. The third kappa shape index (κ3) is 4.03. The highest BCUT2D eigenvalue weighted by molar-refractivity contribution is 5.94. The Morgan fingerprint density at radius 2 is 1.89 bits per heavy atom. The number of carbonyl (C=O) groups is 1. The number of hydrogen-bond acceptors (Lipinski definition) is 5. The number of benzene rings is 3. The normalized spacial score (nSPS) is 11.2. The first kappa shape index (κ1) is 18.2. The van der Waals surface area contributed by atoms with Crippen LogP contribution in [0.25, 0.3) is 33.3 Å². The number of methoxy groups -OCH3 is 1. The zero-order chi connectivity index (χ0) is 19.3. The molecule has 6 nitrogen and oxygen atoms in total. The molecular weight excluding hydrogens is 356 g/mol. The van der Waals surface area contributed by atoms with E-state index in [9.17, 15) is 4.79 Å². The molecule has 0 spiro atoms. The summed E-state index contributed by atoms with van der Waals surface area (Å²) in [5.41, 5.74) is 2.90. The van der Waals surface area contributed by atoms with E-state index in [1.165, 1.54) is 5.39 Å². The number of nitrogens with one attached hydrogen (secondary N) is 1. The third-order valence-corrected chi connectivity index (χ3v) is 4.33. The number of hydrogen-bond donors (Lipinski definition) is 1. The minimum atomic E-state index is -0.228. The molecule has 0 fully saturated rings. The molecule has 0 radical (unpaired) electrons. The molecule has 6 heteroatoms. The van der Waals surface area contributed by atoms with Crippen molar-refractivity contribution in [3.8, 4) is 11.5 Å². The van der Waals surface area contributed by atoms with Gasteiger partial charge in [-0.25, -0.2) is 4.98 Å². The number of carbonyl (C=O) groups excluding carboxylic acids is 1. The van der Waals surface area contributed by atoms with Crippen LogP contribution in [0.1, 0.15) is 0 Å². The smallest absolute Gasteiger partial charge is 0.250 e. The number of nitrogens with zero attached hydrogens (tertiary/aromatic N) is 1. The minimum Gasteiger partial charge on any atom is -0.436 e. The van der Waals surface area contributed by atoms with E-state index in [0.717, 1.165) is 10.9 Å². The third-order valence-electron chi connectivity index (χ3n) is 4.33.